The quantitative estimate of drug-likeness (QED) is 0.381. The third kappa shape index (κ3) is 5.20. The Morgan fingerprint density at radius 3 is 2.62 bits per heavy atom. The molecule has 0 radical (unpaired) electrons. The number of nitrogens with zero attached hydrogens (tertiary/aromatic N) is 1. The summed E-state index contributed by atoms with van der Waals surface area (Å²) in [4.78, 5) is 18.0. The number of hydrogen-bond donors (Lipinski definition) is 2. The standard InChI is InChI=1S/C25H26FN3O.C2H6/c1-3-4-5-6-13-29(2)16-17-7-9-18(10-8-17)24-20-11-12-27-25(30)21-14-19(26)15-22(28-24)23(20)21;1-2/h1,7-10,14-15,28H,4-6,11-13,16H2,2H3,(H,27,30);1-2H3. The molecule has 4 nitrogen and oxygen atoms in total. The second kappa shape index (κ2) is 11.0. The summed E-state index contributed by atoms with van der Waals surface area (Å²) in [5, 5.41) is 3.69. The lowest BCUT2D eigenvalue weighted by Crippen LogP contribution is -2.23. The highest BCUT2D eigenvalue weighted by Crippen LogP contribution is 2.34. The number of H-pyrrole nitrogens is 1. The number of unbranched alkanes of at least 4 members (excludes halogenated alkanes) is 2. The summed E-state index contributed by atoms with van der Waals surface area (Å²) in [6.07, 6.45) is 9.01. The van der Waals surface area contributed by atoms with Crippen molar-refractivity contribution >= 4 is 16.8 Å². The topological polar surface area (TPSA) is 48.1 Å². The molecule has 2 N–H and O–H groups in total. The highest BCUT2D eigenvalue weighted by Gasteiger charge is 2.23. The minimum absolute atomic E-state index is 0.218. The minimum atomic E-state index is -0.408. The van der Waals surface area contributed by atoms with Crippen LogP contribution in [0.2, 0.25) is 0 Å². The summed E-state index contributed by atoms with van der Waals surface area (Å²) < 4.78 is 14.0. The van der Waals surface area contributed by atoms with Crippen LogP contribution in [0.5, 0.6) is 0 Å². The van der Waals surface area contributed by atoms with Crippen molar-refractivity contribution in [3.63, 3.8) is 0 Å². The summed E-state index contributed by atoms with van der Waals surface area (Å²) >= 11 is 0. The van der Waals surface area contributed by atoms with Gasteiger partial charge < -0.3 is 15.2 Å². The van der Waals surface area contributed by atoms with E-state index < -0.39 is 5.82 Å². The van der Waals surface area contributed by atoms with Crippen LogP contribution in [0, 0.1) is 18.2 Å². The Hall–Kier alpha value is -3.10. The van der Waals surface area contributed by atoms with E-state index >= 15 is 0 Å². The van der Waals surface area contributed by atoms with Gasteiger partial charge in [-0.25, -0.2) is 4.39 Å². The molecule has 0 bridgehead atoms. The lowest BCUT2D eigenvalue weighted by Gasteiger charge is -2.16. The maximum atomic E-state index is 14.0. The first-order valence-corrected chi connectivity index (χ1v) is 11.4. The number of aromatic amines is 1. The third-order valence-corrected chi connectivity index (χ3v) is 5.68. The van der Waals surface area contributed by atoms with E-state index in [1.165, 1.54) is 17.7 Å². The zero-order valence-electron chi connectivity index (χ0n) is 19.2. The SMILES string of the molecule is C#CCCCCN(C)Cc1ccc(-c2[nH]c3cc(F)cc4c3c2CCNC4=O)cc1.CC. The van der Waals surface area contributed by atoms with E-state index in [9.17, 15) is 9.18 Å². The molecular weight excluding hydrogens is 401 g/mol. The van der Waals surface area contributed by atoms with E-state index in [0.29, 0.717) is 24.0 Å². The highest BCUT2D eigenvalue weighted by molar-refractivity contribution is 6.10. The fourth-order valence-corrected chi connectivity index (χ4v) is 4.21. The molecule has 32 heavy (non-hydrogen) atoms. The van der Waals surface area contributed by atoms with Crippen LogP contribution >= 0.6 is 0 Å². The maximum Gasteiger partial charge on any atom is 0.252 e. The van der Waals surface area contributed by atoms with Crippen molar-refractivity contribution in [1.29, 1.82) is 0 Å². The van der Waals surface area contributed by atoms with Crippen LogP contribution < -0.4 is 5.32 Å². The van der Waals surface area contributed by atoms with Gasteiger partial charge in [-0.1, -0.05) is 38.1 Å². The number of benzene rings is 2. The van der Waals surface area contributed by atoms with Gasteiger partial charge in [-0.15, -0.1) is 12.3 Å². The van der Waals surface area contributed by atoms with Gasteiger partial charge in [0.05, 0.1) is 5.56 Å². The zero-order chi connectivity index (χ0) is 23.1. The molecule has 0 saturated heterocycles. The van der Waals surface area contributed by atoms with Crippen LogP contribution in [-0.4, -0.2) is 35.9 Å². The van der Waals surface area contributed by atoms with Crippen LogP contribution in [-0.2, 0) is 13.0 Å². The summed E-state index contributed by atoms with van der Waals surface area (Å²) in [6.45, 7) is 6.44. The summed E-state index contributed by atoms with van der Waals surface area (Å²) in [6, 6.07) is 11.2. The predicted octanol–water partition coefficient (Wildman–Crippen LogP) is 5.52. The third-order valence-electron chi connectivity index (χ3n) is 5.68. The number of rotatable bonds is 7. The number of carbonyl (C=O) groups excluding carboxylic acids is 1. The molecule has 2 aromatic carbocycles. The number of amides is 1. The van der Waals surface area contributed by atoms with Crippen LogP contribution in [0.25, 0.3) is 22.2 Å². The predicted molar refractivity (Wildman–Crippen MR) is 130 cm³/mol. The Labute approximate surface area is 190 Å². The first kappa shape index (κ1) is 23.6. The van der Waals surface area contributed by atoms with Crippen molar-refractivity contribution in [3.05, 3.63) is 58.9 Å². The van der Waals surface area contributed by atoms with Crippen LogP contribution in [0.3, 0.4) is 0 Å². The van der Waals surface area contributed by atoms with Gasteiger partial charge in [0.15, 0.2) is 0 Å². The smallest absolute Gasteiger partial charge is 0.252 e. The molecule has 0 unspecified atom stereocenters. The van der Waals surface area contributed by atoms with Crippen molar-refractivity contribution < 1.29 is 9.18 Å². The van der Waals surface area contributed by atoms with E-state index in [4.69, 9.17) is 6.42 Å². The largest absolute Gasteiger partial charge is 0.354 e. The average molecular weight is 434 g/mol. The van der Waals surface area contributed by atoms with E-state index in [1.807, 2.05) is 13.8 Å². The van der Waals surface area contributed by atoms with Gasteiger partial charge in [0.1, 0.15) is 5.82 Å². The molecular formula is C27H32FN3O. The molecule has 3 aromatic rings. The van der Waals surface area contributed by atoms with Gasteiger partial charge >= 0.3 is 0 Å². The molecule has 1 aromatic heterocycles. The second-order valence-corrected chi connectivity index (χ2v) is 7.96. The lowest BCUT2D eigenvalue weighted by atomic mass is 9.99. The minimum Gasteiger partial charge on any atom is -0.354 e. The molecule has 0 saturated carbocycles. The first-order valence-electron chi connectivity index (χ1n) is 11.4. The van der Waals surface area contributed by atoms with Gasteiger partial charge in [-0.2, -0.15) is 0 Å². The number of terminal acetylenes is 1. The number of carbonyl (C=O) groups is 1. The van der Waals surface area contributed by atoms with Gasteiger partial charge in [0.2, 0.25) is 0 Å². The van der Waals surface area contributed by atoms with E-state index in [1.54, 1.807) is 0 Å². The fourth-order valence-electron chi connectivity index (χ4n) is 4.21. The first-order chi connectivity index (χ1) is 15.6. The van der Waals surface area contributed by atoms with Crippen LogP contribution in [0.1, 0.15) is 54.6 Å². The molecule has 0 spiro atoms. The Kier molecular flexibility index (Phi) is 8.08. The normalized spacial score (nSPS) is 12.7. The van der Waals surface area contributed by atoms with Crippen LogP contribution in [0.4, 0.5) is 4.39 Å². The molecule has 168 valence electrons. The van der Waals surface area contributed by atoms with Gasteiger partial charge in [-0.05, 0) is 61.7 Å². The number of hydrogen-bond acceptors (Lipinski definition) is 2. The van der Waals surface area contributed by atoms with Gasteiger partial charge in [0, 0.05) is 36.1 Å². The number of halogens is 1. The van der Waals surface area contributed by atoms with E-state index in [2.05, 4.69) is 52.4 Å². The Morgan fingerprint density at radius 1 is 1.16 bits per heavy atom. The molecule has 0 fully saturated rings. The monoisotopic (exact) mass is 433 g/mol. The summed E-state index contributed by atoms with van der Waals surface area (Å²) in [5.74, 6) is 2.06. The number of aromatic nitrogens is 1. The second-order valence-electron chi connectivity index (χ2n) is 7.96. The van der Waals surface area contributed by atoms with Crippen molar-refractivity contribution in [3.8, 4) is 23.6 Å². The fraction of sp³-hybridized carbons (Fsp3) is 0.370. The Morgan fingerprint density at radius 2 is 1.91 bits per heavy atom. The zero-order valence-corrected chi connectivity index (χ0v) is 19.2. The molecule has 4 rings (SSSR count). The molecule has 0 atom stereocenters. The van der Waals surface area contributed by atoms with Crippen LogP contribution in [0.15, 0.2) is 36.4 Å². The summed E-state index contributed by atoms with van der Waals surface area (Å²) in [5.41, 5.74) is 5.39. The molecule has 5 heteroatoms. The Balaban J connectivity index is 0.00000141. The molecule has 1 amide bonds. The van der Waals surface area contributed by atoms with Gasteiger partial charge in [0.25, 0.3) is 5.91 Å². The van der Waals surface area contributed by atoms with Crippen molar-refractivity contribution in [2.45, 2.75) is 46.1 Å². The van der Waals surface area contributed by atoms with Crippen molar-refractivity contribution in [1.82, 2.24) is 15.2 Å². The summed E-state index contributed by atoms with van der Waals surface area (Å²) in [7, 11) is 2.12. The van der Waals surface area contributed by atoms with Crippen molar-refractivity contribution in [2.24, 2.45) is 0 Å². The Bertz CT molecular complexity index is 1110. The molecule has 2 heterocycles. The van der Waals surface area contributed by atoms with E-state index in [0.717, 1.165) is 54.6 Å². The molecule has 0 aliphatic carbocycles. The van der Waals surface area contributed by atoms with Crippen molar-refractivity contribution in [2.75, 3.05) is 20.1 Å². The van der Waals surface area contributed by atoms with E-state index in [-0.39, 0.29) is 5.91 Å². The maximum absolute atomic E-state index is 14.0. The average Bonchev–Trinajstić information content (AvgIpc) is 3.07. The molecule has 1 aliphatic rings. The molecule has 1 aliphatic heterocycles. The number of nitrogens with one attached hydrogen (secondary N) is 2. The highest BCUT2D eigenvalue weighted by atomic mass is 19.1. The lowest BCUT2D eigenvalue weighted by molar-refractivity contribution is 0.0957. The van der Waals surface area contributed by atoms with Gasteiger partial charge in [-0.3, -0.25) is 4.79 Å².